The van der Waals surface area contributed by atoms with Gasteiger partial charge >= 0.3 is 0 Å². The minimum atomic E-state index is -0.118. The number of hydrogen-bond acceptors (Lipinski definition) is 8. The molecule has 0 N–H and O–H groups in total. The van der Waals surface area contributed by atoms with Gasteiger partial charge in [-0.25, -0.2) is 29.9 Å². The second kappa shape index (κ2) is 25.5. The quantitative estimate of drug-likeness (QED) is 0.151. The van der Waals surface area contributed by atoms with Gasteiger partial charge in [0, 0.05) is 146 Å². The van der Waals surface area contributed by atoms with Crippen molar-refractivity contribution in [3.8, 4) is 90.0 Å². The molecule has 528 valence electrons. The summed E-state index contributed by atoms with van der Waals surface area (Å²) in [5.74, 6) is 1.29. The molecule has 0 amide bonds. The molecule has 113 heavy (non-hydrogen) atoms. The highest BCUT2D eigenvalue weighted by atomic mass is 32.1. The molecule has 0 unspecified atom stereocenters. The van der Waals surface area contributed by atoms with Crippen LogP contribution >= 0.6 is 22.7 Å². The summed E-state index contributed by atoms with van der Waals surface area (Å²) < 4.78 is 10.2. The summed E-state index contributed by atoms with van der Waals surface area (Å²) in [4.78, 5) is 30.6. The zero-order valence-electron chi connectivity index (χ0n) is 61.4. The molecule has 0 radical (unpaired) electrons. The van der Waals surface area contributed by atoms with E-state index in [1.54, 1.807) is 0 Å². The molecule has 15 aromatic carbocycles. The summed E-state index contributed by atoms with van der Waals surface area (Å²) in [6, 6.07) is 122. The van der Waals surface area contributed by atoms with Crippen molar-refractivity contribution >= 4 is 150 Å². The Labute approximate surface area is 657 Å². The van der Waals surface area contributed by atoms with Gasteiger partial charge in [0.15, 0.2) is 22.9 Å². The summed E-state index contributed by atoms with van der Waals surface area (Å²) >= 11 is 3.78. The van der Waals surface area contributed by atoms with Crippen LogP contribution in [0.5, 0.6) is 0 Å². The Kier molecular flexibility index (Phi) is 14.6. The number of rotatable bonds is 8. The molecule has 0 atom stereocenters. The van der Waals surface area contributed by atoms with E-state index >= 15 is 0 Å². The Morgan fingerprint density at radius 3 is 1.19 bits per heavy atom. The molecule has 1 aliphatic carbocycles. The van der Waals surface area contributed by atoms with Crippen molar-refractivity contribution in [2.45, 2.75) is 19.3 Å². The van der Waals surface area contributed by atoms with Crippen molar-refractivity contribution < 1.29 is 0 Å². The highest BCUT2D eigenvalue weighted by Crippen LogP contribution is 2.53. The lowest BCUT2D eigenvalue weighted by atomic mass is 9.82. The number of hydrogen-bond donors (Lipinski definition) is 0. The summed E-state index contributed by atoms with van der Waals surface area (Å²) in [6.07, 6.45) is 3.63. The first kappa shape index (κ1) is 64.8. The molecule has 10 heteroatoms. The van der Waals surface area contributed by atoms with Crippen LogP contribution in [0.4, 0.5) is 0 Å². The maximum atomic E-state index is 5.42. The first-order valence-electron chi connectivity index (χ1n) is 38.3. The normalized spacial score (nSPS) is 12.6. The van der Waals surface area contributed by atoms with E-state index in [0.717, 1.165) is 83.6 Å². The first-order chi connectivity index (χ1) is 55.8. The standard InChI is InChI=1S/C53H32N4S.C50H32N4S/c1-3-15-33(16-4-1)36-29-37(34-17-5-2-6-18-34)31-38(30-36)49-44-25-14-28-54-53(44)56-52(55-49)35-19-13-20-39(32-35)57-45-26-11-9-23-42(45)47-48-43-24-10-12-27-46(43)58-51(48)41-22-8-7-21-40(41)50(47)57;1-50(2)39-21-8-5-15-32(39)33-25-24-29(28-40(33)50)45-38-20-12-26-51-49(38)53-48(52-45)30-13-11-14-31(27-30)54-41-22-9-6-18-36(41)43-44-37-19-7-10-23-42(37)55-47(44)35-17-4-3-16-34(35)46(43)54/h1-32H;3-28H,1-2H3. The monoisotopic (exact) mass is 1480 g/mol. The van der Waals surface area contributed by atoms with Gasteiger partial charge in [0.05, 0.1) is 33.5 Å². The van der Waals surface area contributed by atoms with E-state index in [0.29, 0.717) is 22.9 Å². The molecular weight excluding hydrogens is 1410 g/mol. The van der Waals surface area contributed by atoms with E-state index in [-0.39, 0.29) is 5.41 Å². The third-order valence-electron chi connectivity index (χ3n) is 23.2. The highest BCUT2D eigenvalue weighted by molar-refractivity contribution is 7.27. The molecule has 24 rings (SSSR count). The third kappa shape index (κ3) is 10.1. The van der Waals surface area contributed by atoms with E-state index in [1.807, 2.05) is 47.2 Å². The SMILES string of the molecule is CC1(C)c2ccccc2-c2ccc(-c3nc(-c4cccc(-n5c6ccccc6c6c7c8ccccc8sc7c7ccccc7c65)c4)nc4ncccc34)cc21.c1ccc(-c2cc(-c3ccccc3)cc(-c3nc(-c4cccc(-n5c6ccccc6c6c7c8ccccc8sc7c7ccccc7c65)c4)nc4ncccc34)c2)cc1. The summed E-state index contributed by atoms with van der Waals surface area (Å²) in [6.45, 7) is 4.64. The number of fused-ring (bicyclic) bond motifs is 25. The van der Waals surface area contributed by atoms with Crippen molar-refractivity contribution in [1.29, 1.82) is 0 Å². The molecule has 0 bridgehead atoms. The van der Waals surface area contributed by atoms with Crippen molar-refractivity contribution in [3.63, 3.8) is 0 Å². The molecule has 8 nitrogen and oxygen atoms in total. The molecule has 0 aliphatic heterocycles. The maximum absolute atomic E-state index is 5.42. The van der Waals surface area contributed by atoms with E-state index in [2.05, 4.69) is 351 Å². The number of thiophene rings is 2. The fourth-order valence-electron chi connectivity index (χ4n) is 18.2. The van der Waals surface area contributed by atoms with Crippen LogP contribution in [0.3, 0.4) is 0 Å². The topological polar surface area (TPSA) is 87.2 Å². The zero-order chi connectivity index (χ0) is 74.6. The lowest BCUT2D eigenvalue weighted by Crippen LogP contribution is -2.15. The lowest BCUT2D eigenvalue weighted by molar-refractivity contribution is 0.660. The second-order valence-electron chi connectivity index (χ2n) is 30.0. The number of pyridine rings is 2. The Bertz CT molecular complexity index is 7870. The average molecular weight is 1480 g/mol. The van der Waals surface area contributed by atoms with Gasteiger partial charge in [-0.15, -0.1) is 22.7 Å². The van der Waals surface area contributed by atoms with Crippen LogP contribution in [0.25, 0.3) is 218 Å². The fourth-order valence-corrected chi connectivity index (χ4v) is 20.7. The summed E-state index contributed by atoms with van der Waals surface area (Å²) in [5, 5.41) is 17.2. The van der Waals surface area contributed by atoms with Crippen LogP contribution in [0.15, 0.2) is 352 Å². The number of benzene rings is 15. The van der Waals surface area contributed by atoms with Gasteiger partial charge in [-0.3, -0.25) is 0 Å². The van der Waals surface area contributed by atoms with Crippen LogP contribution in [0.2, 0.25) is 0 Å². The fraction of sp³-hybridized carbons (Fsp3) is 0.0291. The molecule has 0 saturated carbocycles. The zero-order valence-corrected chi connectivity index (χ0v) is 63.0. The Balaban J connectivity index is 0.000000135. The summed E-state index contributed by atoms with van der Waals surface area (Å²) in [5.41, 5.74) is 23.6. The molecular formula is C103H64N8S2. The third-order valence-corrected chi connectivity index (χ3v) is 25.6. The Hall–Kier alpha value is -14.2. The minimum Gasteiger partial charge on any atom is -0.309 e. The van der Waals surface area contributed by atoms with Gasteiger partial charge in [0.25, 0.3) is 0 Å². The van der Waals surface area contributed by atoms with Crippen LogP contribution in [-0.2, 0) is 5.41 Å². The van der Waals surface area contributed by atoms with Gasteiger partial charge in [-0.05, 0) is 142 Å². The van der Waals surface area contributed by atoms with E-state index in [4.69, 9.17) is 29.9 Å². The highest BCUT2D eigenvalue weighted by Gasteiger charge is 2.36. The predicted molar refractivity (Wildman–Crippen MR) is 474 cm³/mol. The van der Waals surface area contributed by atoms with E-state index in [9.17, 15) is 0 Å². The minimum absolute atomic E-state index is 0.118. The van der Waals surface area contributed by atoms with Gasteiger partial charge < -0.3 is 9.13 Å². The number of para-hydroxylation sites is 2. The summed E-state index contributed by atoms with van der Waals surface area (Å²) in [7, 11) is 0. The Morgan fingerprint density at radius 2 is 0.673 bits per heavy atom. The number of aromatic nitrogens is 8. The van der Waals surface area contributed by atoms with Gasteiger partial charge in [0.1, 0.15) is 0 Å². The van der Waals surface area contributed by atoms with Crippen LogP contribution in [-0.4, -0.2) is 39.0 Å². The molecule has 0 spiro atoms. The van der Waals surface area contributed by atoms with Crippen molar-refractivity contribution in [3.05, 3.63) is 363 Å². The molecule has 8 heterocycles. The van der Waals surface area contributed by atoms with Crippen LogP contribution < -0.4 is 0 Å². The molecule has 0 saturated heterocycles. The van der Waals surface area contributed by atoms with Crippen molar-refractivity contribution in [2.75, 3.05) is 0 Å². The molecule has 1 aliphatic rings. The molecule has 8 aromatic heterocycles. The van der Waals surface area contributed by atoms with Crippen molar-refractivity contribution in [2.24, 2.45) is 0 Å². The smallest absolute Gasteiger partial charge is 0.163 e. The number of nitrogens with zero attached hydrogens (tertiary/aromatic N) is 8. The average Bonchev–Trinajstić information content (AvgIpc) is 1.55. The largest absolute Gasteiger partial charge is 0.309 e. The molecule has 23 aromatic rings. The van der Waals surface area contributed by atoms with Gasteiger partial charge in [-0.2, -0.15) is 0 Å². The second-order valence-corrected chi connectivity index (χ2v) is 32.1. The van der Waals surface area contributed by atoms with E-state index < -0.39 is 0 Å². The van der Waals surface area contributed by atoms with E-state index in [1.165, 1.54) is 122 Å². The Morgan fingerprint density at radius 1 is 0.265 bits per heavy atom. The van der Waals surface area contributed by atoms with Gasteiger partial charge in [-0.1, -0.05) is 257 Å². The predicted octanol–water partition coefficient (Wildman–Crippen LogP) is 27.6. The van der Waals surface area contributed by atoms with Gasteiger partial charge in [0.2, 0.25) is 0 Å². The van der Waals surface area contributed by atoms with Crippen molar-refractivity contribution in [1.82, 2.24) is 39.0 Å². The van der Waals surface area contributed by atoms with Crippen LogP contribution in [0, 0.1) is 0 Å². The van der Waals surface area contributed by atoms with Crippen LogP contribution in [0.1, 0.15) is 25.0 Å². The lowest BCUT2D eigenvalue weighted by Gasteiger charge is -2.22. The maximum Gasteiger partial charge on any atom is 0.163 e. The molecule has 0 fully saturated rings. The first-order valence-corrected chi connectivity index (χ1v) is 39.9.